The Balaban J connectivity index is 1.44. The van der Waals surface area contributed by atoms with Crippen molar-refractivity contribution < 1.29 is 4.79 Å². The number of carbonyl (C=O) groups is 1. The molecule has 1 aliphatic heterocycles. The van der Waals surface area contributed by atoms with Gasteiger partial charge in [-0.3, -0.25) is 4.79 Å². The largest absolute Gasteiger partial charge is 0.335 e. The standard InChI is InChI=1S/C20H19NOS2/c1-14-18-9-11-23-19(18)8-10-21(14)20(22)13-24-17-7-6-15-4-2-3-5-16(15)12-17/h2-7,9,11-12,14H,8,10,13H2,1H3. The fraction of sp³-hybridized carbons (Fsp3) is 0.250. The van der Waals surface area contributed by atoms with Crippen molar-refractivity contribution in [3.8, 4) is 0 Å². The predicted molar refractivity (Wildman–Crippen MR) is 103 cm³/mol. The van der Waals surface area contributed by atoms with E-state index >= 15 is 0 Å². The molecule has 1 unspecified atom stereocenters. The van der Waals surface area contributed by atoms with Crippen LogP contribution in [0.3, 0.4) is 0 Å². The molecule has 0 bridgehead atoms. The van der Waals surface area contributed by atoms with Crippen molar-refractivity contribution >= 4 is 39.8 Å². The average Bonchev–Trinajstić information content (AvgIpc) is 3.09. The summed E-state index contributed by atoms with van der Waals surface area (Å²) in [7, 11) is 0. The van der Waals surface area contributed by atoms with Crippen LogP contribution in [0.1, 0.15) is 23.4 Å². The zero-order valence-corrected chi connectivity index (χ0v) is 15.2. The number of benzene rings is 2. The van der Waals surface area contributed by atoms with Crippen LogP contribution < -0.4 is 0 Å². The average molecular weight is 354 g/mol. The summed E-state index contributed by atoms with van der Waals surface area (Å²) >= 11 is 3.44. The van der Waals surface area contributed by atoms with Gasteiger partial charge in [-0.15, -0.1) is 23.1 Å². The Hall–Kier alpha value is -1.78. The smallest absolute Gasteiger partial charge is 0.233 e. The number of thioether (sulfide) groups is 1. The van der Waals surface area contributed by atoms with Gasteiger partial charge in [0.2, 0.25) is 5.91 Å². The number of nitrogens with zero attached hydrogens (tertiary/aromatic N) is 1. The minimum absolute atomic E-state index is 0.199. The van der Waals surface area contributed by atoms with E-state index in [1.807, 2.05) is 16.2 Å². The molecule has 0 saturated heterocycles. The molecule has 122 valence electrons. The van der Waals surface area contributed by atoms with Gasteiger partial charge in [0.15, 0.2) is 0 Å². The molecule has 0 radical (unpaired) electrons. The van der Waals surface area contributed by atoms with Gasteiger partial charge in [-0.1, -0.05) is 30.3 Å². The van der Waals surface area contributed by atoms with Gasteiger partial charge in [0, 0.05) is 16.3 Å². The second-order valence-corrected chi connectivity index (χ2v) is 8.16. The van der Waals surface area contributed by atoms with Crippen LogP contribution in [0.5, 0.6) is 0 Å². The first-order valence-corrected chi connectivity index (χ1v) is 10.1. The third kappa shape index (κ3) is 2.96. The van der Waals surface area contributed by atoms with Crippen molar-refractivity contribution in [2.24, 2.45) is 0 Å². The van der Waals surface area contributed by atoms with E-state index in [2.05, 4.69) is 60.8 Å². The van der Waals surface area contributed by atoms with E-state index in [4.69, 9.17) is 0 Å². The summed E-state index contributed by atoms with van der Waals surface area (Å²) in [6.45, 7) is 2.98. The number of rotatable bonds is 3. The van der Waals surface area contributed by atoms with Crippen molar-refractivity contribution in [1.82, 2.24) is 4.90 Å². The van der Waals surface area contributed by atoms with Gasteiger partial charge >= 0.3 is 0 Å². The molecular formula is C20H19NOS2. The van der Waals surface area contributed by atoms with Crippen LogP contribution in [0.2, 0.25) is 0 Å². The highest BCUT2D eigenvalue weighted by Gasteiger charge is 2.28. The lowest BCUT2D eigenvalue weighted by Gasteiger charge is -2.33. The van der Waals surface area contributed by atoms with Crippen molar-refractivity contribution in [3.63, 3.8) is 0 Å². The van der Waals surface area contributed by atoms with Crippen LogP contribution in [0, 0.1) is 0 Å². The Bertz CT molecular complexity index is 886. The maximum Gasteiger partial charge on any atom is 0.233 e. The van der Waals surface area contributed by atoms with E-state index in [0.29, 0.717) is 5.75 Å². The zero-order chi connectivity index (χ0) is 16.5. The predicted octanol–water partition coefficient (Wildman–Crippen LogP) is 5.14. The number of hydrogen-bond acceptors (Lipinski definition) is 3. The molecule has 0 N–H and O–H groups in total. The first-order valence-electron chi connectivity index (χ1n) is 8.20. The SMILES string of the molecule is CC1c2ccsc2CCN1C(=O)CSc1ccc2ccccc2c1. The summed E-state index contributed by atoms with van der Waals surface area (Å²) in [6.07, 6.45) is 0.990. The summed E-state index contributed by atoms with van der Waals surface area (Å²) in [5.74, 6) is 0.736. The lowest BCUT2D eigenvalue weighted by molar-refractivity contribution is -0.130. The molecular weight excluding hydrogens is 334 g/mol. The zero-order valence-electron chi connectivity index (χ0n) is 13.6. The van der Waals surface area contributed by atoms with Gasteiger partial charge in [-0.05, 0) is 53.3 Å². The molecule has 4 heteroatoms. The third-order valence-corrected chi connectivity index (χ3v) is 6.66. The fourth-order valence-electron chi connectivity index (χ4n) is 3.34. The van der Waals surface area contributed by atoms with Gasteiger partial charge in [-0.25, -0.2) is 0 Å². The van der Waals surface area contributed by atoms with Crippen molar-refractivity contribution in [3.05, 3.63) is 64.4 Å². The highest BCUT2D eigenvalue weighted by molar-refractivity contribution is 8.00. The molecule has 1 atom stereocenters. The molecule has 0 aliphatic carbocycles. The lowest BCUT2D eigenvalue weighted by atomic mass is 10.0. The summed E-state index contributed by atoms with van der Waals surface area (Å²) in [4.78, 5) is 17.3. The molecule has 2 nitrogen and oxygen atoms in total. The molecule has 24 heavy (non-hydrogen) atoms. The Kier molecular flexibility index (Phi) is 4.33. The van der Waals surface area contributed by atoms with Crippen molar-refractivity contribution in [1.29, 1.82) is 0 Å². The van der Waals surface area contributed by atoms with Crippen LogP contribution in [-0.2, 0) is 11.2 Å². The quantitative estimate of drug-likeness (QED) is 0.608. The maximum absolute atomic E-state index is 12.7. The molecule has 1 aromatic heterocycles. The van der Waals surface area contributed by atoms with Crippen LogP contribution >= 0.6 is 23.1 Å². The Labute approximate surface area is 150 Å². The number of carbonyl (C=O) groups excluding carboxylic acids is 1. The normalized spacial score (nSPS) is 17.0. The number of thiophene rings is 1. The Morgan fingerprint density at radius 2 is 2.04 bits per heavy atom. The first kappa shape index (κ1) is 15.7. The molecule has 3 aromatic rings. The monoisotopic (exact) mass is 353 g/mol. The van der Waals surface area contributed by atoms with Crippen LogP contribution in [0.4, 0.5) is 0 Å². The van der Waals surface area contributed by atoms with E-state index < -0.39 is 0 Å². The summed E-state index contributed by atoms with van der Waals surface area (Å²) in [5.41, 5.74) is 1.33. The minimum atomic E-state index is 0.199. The summed E-state index contributed by atoms with van der Waals surface area (Å²) in [6, 6.07) is 17.1. The Morgan fingerprint density at radius 3 is 2.92 bits per heavy atom. The minimum Gasteiger partial charge on any atom is -0.335 e. The van der Waals surface area contributed by atoms with Gasteiger partial charge in [0.1, 0.15) is 0 Å². The molecule has 4 rings (SSSR count). The van der Waals surface area contributed by atoms with Gasteiger partial charge in [0.05, 0.1) is 11.8 Å². The van der Waals surface area contributed by atoms with Crippen LogP contribution in [0.25, 0.3) is 10.8 Å². The molecule has 0 saturated carbocycles. The highest BCUT2D eigenvalue weighted by Crippen LogP contribution is 2.33. The van der Waals surface area contributed by atoms with E-state index in [1.54, 1.807) is 11.8 Å². The van der Waals surface area contributed by atoms with Gasteiger partial charge in [-0.2, -0.15) is 0 Å². The van der Waals surface area contributed by atoms with Crippen molar-refractivity contribution in [2.75, 3.05) is 12.3 Å². The number of amides is 1. The van der Waals surface area contributed by atoms with Crippen LogP contribution in [-0.4, -0.2) is 23.1 Å². The topological polar surface area (TPSA) is 20.3 Å². The third-order valence-electron chi connectivity index (χ3n) is 4.68. The number of hydrogen-bond donors (Lipinski definition) is 0. The van der Waals surface area contributed by atoms with E-state index in [1.165, 1.54) is 21.2 Å². The lowest BCUT2D eigenvalue weighted by Crippen LogP contribution is -2.39. The second kappa shape index (κ2) is 6.61. The van der Waals surface area contributed by atoms with Crippen LogP contribution in [0.15, 0.2) is 58.8 Å². The summed E-state index contributed by atoms with van der Waals surface area (Å²) < 4.78 is 0. The van der Waals surface area contributed by atoms with E-state index in [-0.39, 0.29) is 11.9 Å². The molecule has 0 spiro atoms. The maximum atomic E-state index is 12.7. The van der Waals surface area contributed by atoms with Crippen molar-refractivity contribution in [2.45, 2.75) is 24.3 Å². The van der Waals surface area contributed by atoms with E-state index in [9.17, 15) is 4.79 Å². The fourth-order valence-corrected chi connectivity index (χ4v) is 5.13. The summed E-state index contributed by atoms with van der Waals surface area (Å²) in [5, 5.41) is 4.60. The molecule has 2 aromatic carbocycles. The van der Waals surface area contributed by atoms with E-state index in [0.717, 1.165) is 17.9 Å². The molecule has 0 fully saturated rings. The molecule has 1 amide bonds. The highest BCUT2D eigenvalue weighted by atomic mass is 32.2. The molecule has 2 heterocycles. The second-order valence-electron chi connectivity index (χ2n) is 6.11. The number of fused-ring (bicyclic) bond motifs is 2. The Morgan fingerprint density at radius 1 is 1.21 bits per heavy atom. The van der Waals surface area contributed by atoms with Gasteiger partial charge < -0.3 is 4.90 Å². The first-order chi connectivity index (χ1) is 11.7. The molecule has 1 aliphatic rings. The van der Waals surface area contributed by atoms with Gasteiger partial charge in [0.25, 0.3) is 0 Å².